The standard InChI is InChI=1S/C18H18F2N2O3S/c19-13-7-5-12(6-8-13)18(23)21-17-10-9-15(11-16(17)20)26(24,25)22-14-3-1-2-4-14/h5-11,14,22H,1-4H2,(H,21,23). The van der Waals surface area contributed by atoms with Gasteiger partial charge in [0, 0.05) is 11.6 Å². The molecule has 0 atom stereocenters. The second-order valence-corrected chi connectivity index (χ2v) is 7.92. The number of halogens is 2. The van der Waals surface area contributed by atoms with Gasteiger partial charge in [-0.3, -0.25) is 4.79 Å². The van der Waals surface area contributed by atoms with Crippen LogP contribution in [-0.4, -0.2) is 20.4 Å². The maximum absolute atomic E-state index is 14.3. The monoisotopic (exact) mass is 380 g/mol. The van der Waals surface area contributed by atoms with Gasteiger partial charge in [0.05, 0.1) is 10.6 Å². The Morgan fingerprint density at radius 2 is 1.65 bits per heavy atom. The fourth-order valence-corrected chi connectivity index (χ4v) is 4.21. The zero-order chi connectivity index (χ0) is 18.7. The van der Waals surface area contributed by atoms with Crippen LogP contribution in [0, 0.1) is 11.6 Å². The average Bonchev–Trinajstić information content (AvgIpc) is 3.09. The van der Waals surface area contributed by atoms with Crippen molar-refractivity contribution in [3.8, 4) is 0 Å². The summed E-state index contributed by atoms with van der Waals surface area (Å²) >= 11 is 0. The highest BCUT2D eigenvalue weighted by atomic mass is 32.2. The van der Waals surface area contributed by atoms with E-state index in [0.29, 0.717) is 0 Å². The third kappa shape index (κ3) is 4.25. The van der Waals surface area contributed by atoms with Crippen LogP contribution < -0.4 is 10.0 Å². The summed E-state index contributed by atoms with van der Waals surface area (Å²) in [7, 11) is -3.81. The zero-order valence-corrected chi connectivity index (χ0v) is 14.7. The van der Waals surface area contributed by atoms with Crippen molar-refractivity contribution in [3.05, 3.63) is 59.7 Å². The van der Waals surface area contributed by atoms with Crippen LogP contribution in [0.25, 0.3) is 0 Å². The second-order valence-electron chi connectivity index (χ2n) is 6.21. The second kappa shape index (κ2) is 7.51. The van der Waals surface area contributed by atoms with Crippen LogP contribution in [0.1, 0.15) is 36.0 Å². The molecule has 8 heteroatoms. The van der Waals surface area contributed by atoms with E-state index in [1.54, 1.807) is 0 Å². The Bertz CT molecular complexity index is 909. The van der Waals surface area contributed by atoms with Gasteiger partial charge in [-0.25, -0.2) is 21.9 Å². The minimum absolute atomic E-state index is 0.124. The van der Waals surface area contributed by atoms with Gasteiger partial charge in [0.15, 0.2) is 0 Å². The molecule has 1 aliphatic rings. The summed E-state index contributed by atoms with van der Waals surface area (Å²) in [6.07, 6.45) is 3.48. The van der Waals surface area contributed by atoms with Crippen LogP contribution >= 0.6 is 0 Å². The van der Waals surface area contributed by atoms with Crippen LogP contribution in [0.2, 0.25) is 0 Å². The Morgan fingerprint density at radius 1 is 1.00 bits per heavy atom. The van der Waals surface area contributed by atoms with Crippen molar-refractivity contribution in [2.45, 2.75) is 36.6 Å². The van der Waals surface area contributed by atoms with E-state index in [0.717, 1.165) is 43.9 Å². The van der Waals surface area contributed by atoms with E-state index in [1.807, 2.05) is 0 Å². The lowest BCUT2D eigenvalue weighted by molar-refractivity contribution is 0.102. The summed E-state index contributed by atoms with van der Waals surface area (Å²) in [6, 6.07) is 7.96. The number of sulfonamides is 1. The minimum Gasteiger partial charge on any atom is -0.319 e. The third-order valence-electron chi connectivity index (χ3n) is 4.28. The van der Waals surface area contributed by atoms with E-state index >= 15 is 0 Å². The van der Waals surface area contributed by atoms with E-state index < -0.39 is 27.6 Å². The predicted octanol–water partition coefficient (Wildman–Crippen LogP) is 3.44. The van der Waals surface area contributed by atoms with Crippen LogP contribution in [-0.2, 0) is 10.0 Å². The van der Waals surface area contributed by atoms with Crippen molar-refractivity contribution >= 4 is 21.6 Å². The van der Waals surface area contributed by atoms with Crippen molar-refractivity contribution in [2.24, 2.45) is 0 Å². The molecule has 1 aliphatic carbocycles. The van der Waals surface area contributed by atoms with E-state index in [-0.39, 0.29) is 22.2 Å². The summed E-state index contributed by atoms with van der Waals surface area (Å²) in [5.74, 6) is -1.98. The molecule has 138 valence electrons. The highest BCUT2D eigenvalue weighted by Gasteiger charge is 2.24. The topological polar surface area (TPSA) is 75.3 Å². The quantitative estimate of drug-likeness (QED) is 0.834. The van der Waals surface area contributed by atoms with Gasteiger partial charge in [-0.2, -0.15) is 0 Å². The average molecular weight is 380 g/mol. The largest absolute Gasteiger partial charge is 0.319 e. The molecule has 0 heterocycles. The maximum Gasteiger partial charge on any atom is 0.255 e. The smallest absolute Gasteiger partial charge is 0.255 e. The molecule has 1 saturated carbocycles. The lowest BCUT2D eigenvalue weighted by Crippen LogP contribution is -2.32. The van der Waals surface area contributed by atoms with Crippen molar-refractivity contribution in [2.75, 3.05) is 5.32 Å². The third-order valence-corrected chi connectivity index (χ3v) is 5.80. The van der Waals surface area contributed by atoms with Gasteiger partial charge in [-0.05, 0) is 55.3 Å². The normalized spacial score (nSPS) is 15.2. The first-order valence-corrected chi connectivity index (χ1v) is 9.72. The summed E-state index contributed by atoms with van der Waals surface area (Å²) in [4.78, 5) is 11.9. The Morgan fingerprint density at radius 3 is 2.27 bits per heavy atom. The van der Waals surface area contributed by atoms with E-state index in [1.165, 1.54) is 24.3 Å². The minimum atomic E-state index is -3.81. The van der Waals surface area contributed by atoms with Crippen molar-refractivity contribution in [1.82, 2.24) is 4.72 Å². The molecule has 2 aromatic carbocycles. The van der Waals surface area contributed by atoms with E-state index in [9.17, 15) is 22.0 Å². The molecule has 2 aromatic rings. The Hall–Kier alpha value is -2.32. The lowest BCUT2D eigenvalue weighted by Gasteiger charge is -2.13. The first-order chi connectivity index (χ1) is 12.3. The Labute approximate surface area is 150 Å². The summed E-state index contributed by atoms with van der Waals surface area (Å²) < 4.78 is 54.4. The molecule has 0 bridgehead atoms. The highest BCUT2D eigenvalue weighted by molar-refractivity contribution is 7.89. The number of hydrogen-bond donors (Lipinski definition) is 2. The highest BCUT2D eigenvalue weighted by Crippen LogP contribution is 2.23. The molecule has 26 heavy (non-hydrogen) atoms. The Kier molecular flexibility index (Phi) is 5.33. The number of rotatable bonds is 5. The van der Waals surface area contributed by atoms with E-state index in [4.69, 9.17) is 0 Å². The first kappa shape index (κ1) is 18.5. The van der Waals surface area contributed by atoms with Crippen LogP contribution in [0.4, 0.5) is 14.5 Å². The molecule has 0 radical (unpaired) electrons. The van der Waals surface area contributed by atoms with Crippen LogP contribution in [0.5, 0.6) is 0 Å². The number of amides is 1. The molecule has 3 rings (SSSR count). The molecule has 2 N–H and O–H groups in total. The molecule has 0 aromatic heterocycles. The molecule has 0 aliphatic heterocycles. The molecule has 1 fully saturated rings. The molecule has 0 unspecified atom stereocenters. The van der Waals surface area contributed by atoms with Gasteiger partial charge < -0.3 is 5.32 Å². The van der Waals surface area contributed by atoms with Gasteiger partial charge >= 0.3 is 0 Å². The molecule has 0 saturated heterocycles. The lowest BCUT2D eigenvalue weighted by atomic mass is 10.2. The van der Waals surface area contributed by atoms with Gasteiger partial charge in [-0.15, -0.1) is 0 Å². The summed E-state index contributed by atoms with van der Waals surface area (Å²) in [6.45, 7) is 0. The van der Waals surface area contributed by atoms with Crippen LogP contribution in [0.3, 0.4) is 0 Å². The van der Waals surface area contributed by atoms with E-state index in [2.05, 4.69) is 10.0 Å². The zero-order valence-electron chi connectivity index (χ0n) is 13.8. The van der Waals surface area contributed by atoms with Gasteiger partial charge in [-0.1, -0.05) is 12.8 Å². The molecule has 5 nitrogen and oxygen atoms in total. The maximum atomic E-state index is 14.3. The fraction of sp³-hybridized carbons (Fsp3) is 0.278. The number of nitrogens with one attached hydrogen (secondary N) is 2. The van der Waals surface area contributed by atoms with Crippen molar-refractivity contribution < 1.29 is 22.0 Å². The number of carbonyl (C=O) groups excluding carboxylic acids is 1. The van der Waals surface area contributed by atoms with Gasteiger partial charge in [0.25, 0.3) is 5.91 Å². The molecule has 1 amide bonds. The molecular formula is C18H18F2N2O3S. The summed E-state index contributed by atoms with van der Waals surface area (Å²) in [5, 5.41) is 2.35. The van der Waals surface area contributed by atoms with Crippen molar-refractivity contribution in [1.29, 1.82) is 0 Å². The van der Waals surface area contributed by atoms with Crippen LogP contribution in [0.15, 0.2) is 47.4 Å². The van der Waals surface area contributed by atoms with Gasteiger partial charge in [0.2, 0.25) is 10.0 Å². The fourth-order valence-electron chi connectivity index (χ4n) is 2.89. The Balaban J connectivity index is 1.74. The predicted molar refractivity (Wildman–Crippen MR) is 93.3 cm³/mol. The number of carbonyl (C=O) groups is 1. The number of benzene rings is 2. The number of anilines is 1. The number of hydrogen-bond acceptors (Lipinski definition) is 3. The summed E-state index contributed by atoms with van der Waals surface area (Å²) in [5.41, 5.74) is 0.00420. The van der Waals surface area contributed by atoms with Crippen molar-refractivity contribution in [3.63, 3.8) is 0 Å². The first-order valence-electron chi connectivity index (χ1n) is 8.24. The SMILES string of the molecule is O=C(Nc1ccc(S(=O)(=O)NC2CCCC2)cc1F)c1ccc(F)cc1. The molecular weight excluding hydrogens is 362 g/mol. The van der Waals surface area contributed by atoms with Gasteiger partial charge in [0.1, 0.15) is 11.6 Å². The molecule has 0 spiro atoms.